The molecule has 0 aliphatic heterocycles. The molecule has 0 spiro atoms. The predicted octanol–water partition coefficient (Wildman–Crippen LogP) is 3.82. The predicted molar refractivity (Wildman–Crippen MR) is 86.2 cm³/mol. The van der Waals surface area contributed by atoms with Gasteiger partial charge in [-0.3, -0.25) is 4.98 Å². The Morgan fingerprint density at radius 3 is 2.57 bits per heavy atom. The van der Waals surface area contributed by atoms with E-state index in [9.17, 15) is 4.79 Å². The van der Waals surface area contributed by atoms with Crippen molar-refractivity contribution in [2.75, 3.05) is 14.2 Å². The molecule has 116 valence electrons. The number of fused-ring (bicyclic) bond motifs is 1. The van der Waals surface area contributed by atoms with Crippen LogP contribution in [-0.2, 0) is 4.74 Å². The van der Waals surface area contributed by atoms with Gasteiger partial charge < -0.3 is 14.2 Å². The van der Waals surface area contributed by atoms with E-state index in [1.54, 1.807) is 37.6 Å². The van der Waals surface area contributed by atoms with Crippen LogP contribution in [0.1, 0.15) is 10.4 Å². The molecule has 5 nitrogen and oxygen atoms in total. The molecule has 3 rings (SSSR count). The highest BCUT2D eigenvalue weighted by Gasteiger charge is 2.13. The fourth-order valence-corrected chi connectivity index (χ4v) is 2.28. The maximum absolute atomic E-state index is 11.7. The third kappa shape index (κ3) is 2.94. The van der Waals surface area contributed by atoms with E-state index in [0.717, 1.165) is 10.9 Å². The Labute approximate surface area is 133 Å². The highest BCUT2D eigenvalue weighted by molar-refractivity contribution is 5.90. The van der Waals surface area contributed by atoms with Gasteiger partial charge in [-0.05, 0) is 36.4 Å². The van der Waals surface area contributed by atoms with Crippen molar-refractivity contribution in [3.8, 4) is 17.2 Å². The maximum atomic E-state index is 11.7. The van der Waals surface area contributed by atoms with Crippen LogP contribution in [0.2, 0.25) is 0 Å². The van der Waals surface area contributed by atoms with Gasteiger partial charge in [-0.15, -0.1) is 0 Å². The standard InChI is InChI=1S/C18H15NO4/c1-21-16-8-7-12(18(20)22-2)11-17(16)23-15-9-10-19-14-6-4-3-5-13(14)15/h3-11H,1-2H3. The molecule has 0 aliphatic rings. The number of benzene rings is 2. The van der Waals surface area contributed by atoms with Gasteiger partial charge in [-0.1, -0.05) is 12.1 Å². The zero-order chi connectivity index (χ0) is 16.2. The van der Waals surface area contributed by atoms with Crippen LogP contribution in [0.25, 0.3) is 10.9 Å². The smallest absolute Gasteiger partial charge is 0.337 e. The van der Waals surface area contributed by atoms with Crippen LogP contribution in [0.3, 0.4) is 0 Å². The topological polar surface area (TPSA) is 57.7 Å². The van der Waals surface area contributed by atoms with Crippen LogP contribution in [-0.4, -0.2) is 25.2 Å². The van der Waals surface area contributed by atoms with Crippen molar-refractivity contribution in [3.63, 3.8) is 0 Å². The second-order valence-corrected chi connectivity index (χ2v) is 4.79. The Morgan fingerprint density at radius 1 is 0.957 bits per heavy atom. The van der Waals surface area contributed by atoms with Crippen LogP contribution in [0.15, 0.2) is 54.7 Å². The summed E-state index contributed by atoms with van der Waals surface area (Å²) in [4.78, 5) is 16.0. The first kappa shape index (κ1) is 14.8. The lowest BCUT2D eigenvalue weighted by Gasteiger charge is -2.13. The molecular formula is C18H15NO4. The summed E-state index contributed by atoms with van der Waals surface area (Å²) in [6.45, 7) is 0. The number of hydrogen-bond donors (Lipinski definition) is 0. The first-order valence-electron chi connectivity index (χ1n) is 7.01. The summed E-state index contributed by atoms with van der Waals surface area (Å²) in [6.07, 6.45) is 1.67. The third-order valence-corrected chi connectivity index (χ3v) is 3.41. The highest BCUT2D eigenvalue weighted by atomic mass is 16.5. The van der Waals surface area contributed by atoms with Crippen LogP contribution >= 0.6 is 0 Å². The molecule has 23 heavy (non-hydrogen) atoms. The van der Waals surface area contributed by atoms with Gasteiger partial charge in [0, 0.05) is 11.6 Å². The van der Waals surface area contributed by atoms with E-state index < -0.39 is 5.97 Å². The molecule has 5 heteroatoms. The molecule has 0 atom stereocenters. The molecule has 0 radical (unpaired) electrons. The van der Waals surface area contributed by atoms with E-state index in [-0.39, 0.29) is 0 Å². The average Bonchev–Trinajstić information content (AvgIpc) is 2.61. The van der Waals surface area contributed by atoms with Gasteiger partial charge in [0.1, 0.15) is 5.75 Å². The van der Waals surface area contributed by atoms with Gasteiger partial charge in [0.25, 0.3) is 0 Å². The molecule has 0 bridgehead atoms. The second-order valence-electron chi connectivity index (χ2n) is 4.79. The van der Waals surface area contributed by atoms with Crippen molar-refractivity contribution < 1.29 is 19.0 Å². The van der Waals surface area contributed by atoms with Crippen molar-refractivity contribution in [2.24, 2.45) is 0 Å². The lowest BCUT2D eigenvalue weighted by molar-refractivity contribution is 0.0600. The zero-order valence-electron chi connectivity index (χ0n) is 12.8. The van der Waals surface area contributed by atoms with E-state index in [2.05, 4.69) is 4.98 Å². The first-order chi connectivity index (χ1) is 11.2. The fourth-order valence-electron chi connectivity index (χ4n) is 2.28. The number of carbonyl (C=O) groups is 1. The summed E-state index contributed by atoms with van der Waals surface area (Å²) < 4.78 is 16.0. The van der Waals surface area contributed by atoms with E-state index in [1.165, 1.54) is 7.11 Å². The molecule has 3 aromatic rings. The Kier molecular flexibility index (Phi) is 4.10. The average molecular weight is 309 g/mol. The number of carbonyl (C=O) groups excluding carboxylic acids is 1. The van der Waals surface area contributed by atoms with E-state index in [1.807, 2.05) is 24.3 Å². The molecule has 0 amide bonds. The summed E-state index contributed by atoms with van der Waals surface area (Å²) in [5, 5.41) is 0.875. The SMILES string of the molecule is COC(=O)c1ccc(OC)c(Oc2ccnc3ccccc23)c1. The van der Waals surface area contributed by atoms with Gasteiger partial charge in [-0.2, -0.15) is 0 Å². The number of hydrogen-bond acceptors (Lipinski definition) is 5. The highest BCUT2D eigenvalue weighted by Crippen LogP contribution is 2.35. The van der Waals surface area contributed by atoms with Crippen LogP contribution in [0.4, 0.5) is 0 Å². The minimum absolute atomic E-state index is 0.390. The Morgan fingerprint density at radius 2 is 1.78 bits per heavy atom. The summed E-state index contributed by atoms with van der Waals surface area (Å²) in [7, 11) is 2.88. The lowest BCUT2D eigenvalue weighted by Crippen LogP contribution is -2.02. The number of para-hydroxylation sites is 1. The van der Waals surface area contributed by atoms with Gasteiger partial charge in [0.2, 0.25) is 0 Å². The number of aromatic nitrogens is 1. The van der Waals surface area contributed by atoms with Crippen molar-refractivity contribution in [2.45, 2.75) is 0 Å². The van der Waals surface area contributed by atoms with Crippen molar-refractivity contribution >= 4 is 16.9 Å². The number of pyridine rings is 1. The molecule has 0 saturated heterocycles. The second kappa shape index (κ2) is 6.36. The molecule has 0 unspecified atom stereocenters. The Hall–Kier alpha value is -3.08. The summed E-state index contributed by atoms with van der Waals surface area (Å²) in [5.41, 5.74) is 1.22. The Bertz CT molecular complexity index is 855. The monoisotopic (exact) mass is 309 g/mol. The van der Waals surface area contributed by atoms with E-state index in [4.69, 9.17) is 14.2 Å². The minimum Gasteiger partial charge on any atom is -0.493 e. The minimum atomic E-state index is -0.433. The van der Waals surface area contributed by atoms with E-state index >= 15 is 0 Å². The molecule has 1 heterocycles. The van der Waals surface area contributed by atoms with Gasteiger partial charge in [0.05, 0.1) is 25.3 Å². The van der Waals surface area contributed by atoms with Crippen LogP contribution < -0.4 is 9.47 Å². The van der Waals surface area contributed by atoms with Gasteiger partial charge in [-0.25, -0.2) is 4.79 Å². The summed E-state index contributed by atoms with van der Waals surface area (Å²) in [5.74, 6) is 1.17. The lowest BCUT2D eigenvalue weighted by atomic mass is 10.2. The largest absolute Gasteiger partial charge is 0.493 e. The van der Waals surface area contributed by atoms with Crippen LogP contribution in [0, 0.1) is 0 Å². The fraction of sp³-hybridized carbons (Fsp3) is 0.111. The van der Waals surface area contributed by atoms with Crippen molar-refractivity contribution in [3.05, 3.63) is 60.3 Å². The van der Waals surface area contributed by atoms with Crippen molar-refractivity contribution in [1.82, 2.24) is 4.98 Å². The molecule has 1 aromatic heterocycles. The Balaban J connectivity index is 2.05. The molecule has 0 N–H and O–H groups in total. The first-order valence-corrected chi connectivity index (χ1v) is 7.01. The number of rotatable bonds is 4. The van der Waals surface area contributed by atoms with Crippen LogP contribution in [0.5, 0.6) is 17.2 Å². The molecule has 2 aromatic carbocycles. The number of methoxy groups -OCH3 is 2. The summed E-state index contributed by atoms with van der Waals surface area (Å²) in [6, 6.07) is 14.3. The normalized spacial score (nSPS) is 10.3. The summed E-state index contributed by atoms with van der Waals surface area (Å²) >= 11 is 0. The number of ether oxygens (including phenoxy) is 3. The van der Waals surface area contributed by atoms with Gasteiger partial charge >= 0.3 is 5.97 Å². The maximum Gasteiger partial charge on any atom is 0.337 e. The van der Waals surface area contributed by atoms with Crippen molar-refractivity contribution in [1.29, 1.82) is 0 Å². The van der Waals surface area contributed by atoms with E-state index in [0.29, 0.717) is 22.8 Å². The molecule has 0 saturated carbocycles. The zero-order valence-corrected chi connectivity index (χ0v) is 12.8. The van der Waals surface area contributed by atoms with Gasteiger partial charge in [0.15, 0.2) is 11.5 Å². The third-order valence-electron chi connectivity index (χ3n) is 3.41. The molecular weight excluding hydrogens is 294 g/mol. The molecule has 0 aliphatic carbocycles. The number of esters is 1. The molecule has 0 fully saturated rings. The number of nitrogens with zero attached hydrogens (tertiary/aromatic N) is 1. The quantitative estimate of drug-likeness (QED) is 0.686.